The predicted octanol–water partition coefficient (Wildman–Crippen LogP) is 2.08. The molecule has 0 radical (unpaired) electrons. The summed E-state index contributed by atoms with van der Waals surface area (Å²) < 4.78 is 49.0. The molecule has 1 aromatic heterocycles. The van der Waals surface area contributed by atoms with Crippen LogP contribution in [-0.4, -0.2) is 18.2 Å². The maximum absolute atomic E-state index is 13.0. The minimum absolute atomic E-state index is 0.0631. The average Bonchev–Trinajstić information content (AvgIpc) is 2.70. The van der Waals surface area contributed by atoms with Crippen LogP contribution in [0.3, 0.4) is 0 Å². The summed E-state index contributed by atoms with van der Waals surface area (Å²) in [5.74, 6) is -2.13. The summed E-state index contributed by atoms with van der Waals surface area (Å²) in [4.78, 5) is 0. The summed E-state index contributed by atoms with van der Waals surface area (Å²) in [5.41, 5.74) is 0.0631. The molecule has 0 bridgehead atoms. The topological polar surface area (TPSA) is 52.0 Å². The number of hydrogen-bond acceptors (Lipinski definition) is 3. The van der Waals surface area contributed by atoms with E-state index in [0.717, 1.165) is 22.9 Å². The van der Waals surface area contributed by atoms with Gasteiger partial charge in [0.15, 0.2) is 16.7 Å². The van der Waals surface area contributed by atoms with Gasteiger partial charge in [-0.3, -0.25) is 0 Å². The highest BCUT2D eigenvalue weighted by Gasteiger charge is 2.18. The van der Waals surface area contributed by atoms with Gasteiger partial charge in [0.25, 0.3) is 9.05 Å². The highest BCUT2D eigenvalue weighted by Crippen LogP contribution is 2.20. The second-order valence-corrected chi connectivity index (χ2v) is 5.63. The molecule has 1 aromatic carbocycles. The standard InChI is InChI=1S/C9H5ClF2N2O2S/c10-17(15,16)9-3-4-13-14(9)6-1-2-7(11)8(12)5-6/h1-5H. The summed E-state index contributed by atoms with van der Waals surface area (Å²) in [6, 6.07) is 4.05. The molecule has 2 rings (SSSR count). The lowest BCUT2D eigenvalue weighted by Gasteiger charge is -2.05. The van der Waals surface area contributed by atoms with E-state index in [1.807, 2.05) is 0 Å². The van der Waals surface area contributed by atoms with Gasteiger partial charge in [0.05, 0.1) is 11.9 Å². The first kappa shape index (κ1) is 12.0. The molecule has 0 aliphatic rings. The van der Waals surface area contributed by atoms with E-state index in [9.17, 15) is 17.2 Å². The van der Waals surface area contributed by atoms with Gasteiger partial charge in [-0.25, -0.2) is 21.9 Å². The Morgan fingerprint density at radius 2 is 1.88 bits per heavy atom. The smallest absolute Gasteiger partial charge is 0.221 e. The van der Waals surface area contributed by atoms with Gasteiger partial charge in [-0.05, 0) is 18.2 Å². The fraction of sp³-hybridized carbons (Fsp3) is 0. The van der Waals surface area contributed by atoms with Gasteiger partial charge in [0.2, 0.25) is 0 Å². The van der Waals surface area contributed by atoms with Crippen LogP contribution in [0.25, 0.3) is 5.69 Å². The molecule has 8 heteroatoms. The second-order valence-electron chi connectivity index (χ2n) is 3.12. The first-order valence-corrected chi connectivity index (χ1v) is 6.64. The third kappa shape index (κ3) is 2.29. The molecule has 17 heavy (non-hydrogen) atoms. The van der Waals surface area contributed by atoms with Gasteiger partial charge in [0, 0.05) is 16.7 Å². The summed E-state index contributed by atoms with van der Waals surface area (Å²) >= 11 is 0. The Bertz CT molecular complexity index is 669. The van der Waals surface area contributed by atoms with Crippen LogP contribution >= 0.6 is 10.7 Å². The summed E-state index contributed by atoms with van der Waals surface area (Å²) in [6.45, 7) is 0. The molecule has 0 saturated heterocycles. The van der Waals surface area contributed by atoms with Crippen molar-refractivity contribution in [3.05, 3.63) is 42.1 Å². The average molecular weight is 279 g/mol. The van der Waals surface area contributed by atoms with Crippen LogP contribution in [0.1, 0.15) is 0 Å². The summed E-state index contributed by atoms with van der Waals surface area (Å²) in [5, 5.41) is 3.37. The van der Waals surface area contributed by atoms with Crippen molar-refractivity contribution < 1.29 is 17.2 Å². The first-order valence-electron chi connectivity index (χ1n) is 4.34. The number of benzene rings is 1. The van der Waals surface area contributed by atoms with Crippen LogP contribution < -0.4 is 0 Å². The molecular formula is C9H5ClF2N2O2S. The van der Waals surface area contributed by atoms with Crippen molar-refractivity contribution in [3.8, 4) is 5.69 Å². The third-order valence-corrected chi connectivity index (χ3v) is 3.29. The van der Waals surface area contributed by atoms with Crippen LogP contribution in [0, 0.1) is 11.6 Å². The van der Waals surface area contributed by atoms with Gasteiger partial charge >= 0.3 is 0 Å². The van der Waals surface area contributed by atoms with Gasteiger partial charge in [0.1, 0.15) is 0 Å². The van der Waals surface area contributed by atoms with Crippen molar-refractivity contribution in [3.63, 3.8) is 0 Å². The fourth-order valence-electron chi connectivity index (χ4n) is 1.29. The Hall–Kier alpha value is -1.47. The molecular weight excluding hydrogens is 274 g/mol. The molecule has 0 atom stereocenters. The van der Waals surface area contributed by atoms with Crippen molar-refractivity contribution in [2.45, 2.75) is 5.03 Å². The zero-order valence-electron chi connectivity index (χ0n) is 8.14. The second kappa shape index (κ2) is 4.08. The third-order valence-electron chi connectivity index (χ3n) is 2.01. The SMILES string of the molecule is O=S(=O)(Cl)c1ccnn1-c1ccc(F)c(F)c1. The molecule has 90 valence electrons. The highest BCUT2D eigenvalue weighted by molar-refractivity contribution is 8.13. The molecule has 4 nitrogen and oxygen atoms in total. The highest BCUT2D eigenvalue weighted by atomic mass is 35.7. The van der Waals surface area contributed by atoms with E-state index in [-0.39, 0.29) is 10.7 Å². The number of halogens is 3. The Morgan fingerprint density at radius 1 is 1.18 bits per heavy atom. The molecule has 0 aliphatic carbocycles. The van der Waals surface area contributed by atoms with E-state index in [4.69, 9.17) is 10.7 Å². The van der Waals surface area contributed by atoms with E-state index < -0.39 is 20.7 Å². The van der Waals surface area contributed by atoms with Crippen molar-refractivity contribution >= 4 is 19.7 Å². The Balaban J connectivity index is 2.62. The molecule has 0 N–H and O–H groups in total. The van der Waals surface area contributed by atoms with Gasteiger partial charge in [-0.1, -0.05) is 0 Å². The van der Waals surface area contributed by atoms with Crippen molar-refractivity contribution in [1.82, 2.24) is 9.78 Å². The quantitative estimate of drug-likeness (QED) is 0.790. The minimum atomic E-state index is -4.00. The molecule has 1 heterocycles. The summed E-state index contributed by atoms with van der Waals surface area (Å²) in [6.07, 6.45) is 1.19. The zero-order valence-corrected chi connectivity index (χ0v) is 9.71. The van der Waals surface area contributed by atoms with Crippen molar-refractivity contribution in [2.24, 2.45) is 0 Å². The van der Waals surface area contributed by atoms with E-state index in [1.165, 1.54) is 12.3 Å². The number of rotatable bonds is 2. The predicted molar refractivity (Wildman–Crippen MR) is 56.5 cm³/mol. The molecule has 0 unspecified atom stereocenters. The number of hydrogen-bond donors (Lipinski definition) is 0. The van der Waals surface area contributed by atoms with Crippen molar-refractivity contribution in [2.75, 3.05) is 0 Å². The van der Waals surface area contributed by atoms with Crippen LogP contribution in [0.4, 0.5) is 8.78 Å². The fourth-order valence-corrected chi connectivity index (χ4v) is 2.22. The van der Waals surface area contributed by atoms with Crippen LogP contribution in [0.15, 0.2) is 35.5 Å². The minimum Gasteiger partial charge on any atom is -0.221 e. The number of aromatic nitrogens is 2. The zero-order chi connectivity index (χ0) is 12.6. The molecule has 0 saturated carbocycles. The van der Waals surface area contributed by atoms with E-state index in [2.05, 4.69) is 5.10 Å². The lowest BCUT2D eigenvalue weighted by molar-refractivity contribution is 0.507. The Kier molecular flexibility index (Phi) is 2.88. The molecule has 0 spiro atoms. The maximum atomic E-state index is 13.0. The number of nitrogens with zero attached hydrogens (tertiary/aromatic N) is 2. The Labute approximate surface area is 99.9 Å². The monoisotopic (exact) mass is 278 g/mol. The maximum Gasteiger partial charge on any atom is 0.278 e. The largest absolute Gasteiger partial charge is 0.278 e. The van der Waals surface area contributed by atoms with Gasteiger partial charge < -0.3 is 0 Å². The summed E-state index contributed by atoms with van der Waals surface area (Å²) in [7, 11) is 1.16. The Morgan fingerprint density at radius 3 is 2.47 bits per heavy atom. The van der Waals surface area contributed by atoms with E-state index in [1.54, 1.807) is 0 Å². The molecule has 2 aromatic rings. The molecule has 0 amide bonds. The van der Waals surface area contributed by atoms with E-state index in [0.29, 0.717) is 0 Å². The molecule has 0 fully saturated rings. The normalized spacial score (nSPS) is 11.7. The molecule has 0 aliphatic heterocycles. The van der Waals surface area contributed by atoms with Crippen LogP contribution in [0.5, 0.6) is 0 Å². The van der Waals surface area contributed by atoms with Crippen LogP contribution in [-0.2, 0) is 9.05 Å². The lowest BCUT2D eigenvalue weighted by Crippen LogP contribution is -2.05. The van der Waals surface area contributed by atoms with Crippen molar-refractivity contribution in [1.29, 1.82) is 0 Å². The van der Waals surface area contributed by atoms with E-state index >= 15 is 0 Å². The van der Waals surface area contributed by atoms with Crippen LogP contribution in [0.2, 0.25) is 0 Å². The lowest BCUT2D eigenvalue weighted by atomic mass is 10.3. The first-order chi connectivity index (χ1) is 7.89. The van der Waals surface area contributed by atoms with Gasteiger partial charge in [-0.2, -0.15) is 5.10 Å². The van der Waals surface area contributed by atoms with Gasteiger partial charge in [-0.15, -0.1) is 0 Å².